The summed E-state index contributed by atoms with van der Waals surface area (Å²) in [4.78, 5) is 14.3. The highest BCUT2D eigenvalue weighted by Gasteiger charge is 2.25. The van der Waals surface area contributed by atoms with Crippen molar-refractivity contribution in [3.63, 3.8) is 0 Å². The smallest absolute Gasteiger partial charge is 0.324 e. The Kier molecular flexibility index (Phi) is 3.97. The van der Waals surface area contributed by atoms with Gasteiger partial charge in [-0.2, -0.15) is 4.72 Å². The average Bonchev–Trinajstić information content (AvgIpc) is 2.61. The second-order valence-electron chi connectivity index (χ2n) is 2.89. The van der Waals surface area contributed by atoms with Crippen LogP contribution in [0.2, 0.25) is 0 Å². The first-order chi connectivity index (χ1) is 7.36. The molecule has 1 rings (SSSR count). The molecule has 0 aromatic carbocycles. The number of hydrogen-bond acceptors (Lipinski definition) is 6. The number of carbonyl (C=O) groups is 1. The predicted octanol–water partition coefficient (Wildman–Crippen LogP) is -0.825. The third-order valence-electron chi connectivity index (χ3n) is 1.64. The standard InChI is InChI=1S/C7H10N2O5S2/c1-4-8-2-6(15-4)16(13,14)9-5(3-10)7(11)12/h2,5,9-10H,3H2,1H3,(H,11,12)/t5-/m0/s1. The van der Waals surface area contributed by atoms with Crippen LogP contribution in [-0.4, -0.2) is 42.2 Å². The van der Waals surface area contributed by atoms with E-state index in [1.54, 1.807) is 6.92 Å². The Morgan fingerprint density at radius 3 is 2.69 bits per heavy atom. The van der Waals surface area contributed by atoms with E-state index < -0.39 is 28.6 Å². The quantitative estimate of drug-likeness (QED) is 0.641. The number of carboxylic acids is 1. The molecule has 0 saturated carbocycles. The molecule has 90 valence electrons. The molecule has 0 amide bonds. The maximum atomic E-state index is 11.6. The van der Waals surface area contributed by atoms with Crippen molar-refractivity contribution in [1.82, 2.24) is 9.71 Å². The Morgan fingerprint density at radius 2 is 2.31 bits per heavy atom. The van der Waals surface area contributed by atoms with Gasteiger partial charge in [0.1, 0.15) is 6.04 Å². The van der Waals surface area contributed by atoms with Crippen LogP contribution < -0.4 is 4.72 Å². The maximum absolute atomic E-state index is 11.6. The minimum Gasteiger partial charge on any atom is -0.480 e. The number of aliphatic carboxylic acids is 1. The average molecular weight is 266 g/mol. The third-order valence-corrected chi connectivity index (χ3v) is 4.49. The molecule has 0 saturated heterocycles. The number of thiazole rings is 1. The first-order valence-electron chi connectivity index (χ1n) is 4.15. The fourth-order valence-corrected chi connectivity index (χ4v) is 3.18. The molecule has 3 N–H and O–H groups in total. The molecule has 9 heteroatoms. The van der Waals surface area contributed by atoms with Crippen molar-refractivity contribution in [2.75, 3.05) is 6.61 Å². The summed E-state index contributed by atoms with van der Waals surface area (Å²) >= 11 is 0.923. The molecule has 16 heavy (non-hydrogen) atoms. The maximum Gasteiger partial charge on any atom is 0.324 e. The third kappa shape index (κ3) is 2.98. The van der Waals surface area contributed by atoms with Crippen LogP contribution >= 0.6 is 11.3 Å². The van der Waals surface area contributed by atoms with Gasteiger partial charge in [-0.1, -0.05) is 0 Å². The molecule has 1 aromatic rings. The summed E-state index contributed by atoms with van der Waals surface area (Å²) in [5.41, 5.74) is 0. The van der Waals surface area contributed by atoms with Gasteiger partial charge in [-0.05, 0) is 6.92 Å². The van der Waals surface area contributed by atoms with Crippen molar-refractivity contribution in [3.8, 4) is 0 Å². The highest BCUT2D eigenvalue weighted by Crippen LogP contribution is 2.17. The Labute approximate surface area is 95.8 Å². The van der Waals surface area contributed by atoms with Crippen LogP contribution in [0.1, 0.15) is 5.01 Å². The van der Waals surface area contributed by atoms with Crippen molar-refractivity contribution >= 4 is 27.3 Å². The van der Waals surface area contributed by atoms with E-state index in [1.807, 2.05) is 4.72 Å². The highest BCUT2D eigenvalue weighted by molar-refractivity contribution is 7.91. The molecule has 0 aliphatic rings. The van der Waals surface area contributed by atoms with E-state index >= 15 is 0 Å². The van der Waals surface area contributed by atoms with Crippen molar-refractivity contribution in [2.24, 2.45) is 0 Å². The van der Waals surface area contributed by atoms with Gasteiger partial charge in [0.05, 0.1) is 17.8 Å². The molecule has 1 atom stereocenters. The topological polar surface area (TPSA) is 117 Å². The van der Waals surface area contributed by atoms with Crippen molar-refractivity contribution in [3.05, 3.63) is 11.2 Å². The SMILES string of the molecule is Cc1ncc(S(=O)(=O)N[C@@H](CO)C(=O)O)s1. The van der Waals surface area contributed by atoms with Gasteiger partial charge in [0.2, 0.25) is 0 Å². The molecule has 1 aromatic heterocycles. The lowest BCUT2D eigenvalue weighted by Gasteiger charge is -2.10. The largest absolute Gasteiger partial charge is 0.480 e. The van der Waals surface area contributed by atoms with Crippen LogP contribution in [0.15, 0.2) is 10.4 Å². The highest BCUT2D eigenvalue weighted by atomic mass is 32.2. The molecule has 0 unspecified atom stereocenters. The zero-order valence-corrected chi connectivity index (χ0v) is 9.88. The number of nitrogens with one attached hydrogen (secondary N) is 1. The lowest BCUT2D eigenvalue weighted by atomic mass is 10.3. The van der Waals surface area contributed by atoms with E-state index in [4.69, 9.17) is 10.2 Å². The molecule has 0 aliphatic heterocycles. The molecule has 0 fully saturated rings. The number of aliphatic hydroxyl groups is 1. The van der Waals surface area contributed by atoms with E-state index in [2.05, 4.69) is 4.98 Å². The van der Waals surface area contributed by atoms with E-state index in [0.717, 1.165) is 17.5 Å². The summed E-state index contributed by atoms with van der Waals surface area (Å²) in [6.45, 7) is 0.816. The molecule has 0 bridgehead atoms. The van der Waals surface area contributed by atoms with E-state index in [1.165, 1.54) is 0 Å². The Balaban J connectivity index is 2.91. The number of rotatable bonds is 5. The van der Waals surface area contributed by atoms with Crippen LogP contribution in [-0.2, 0) is 14.8 Å². The number of aryl methyl sites for hydroxylation is 1. The summed E-state index contributed by atoms with van der Waals surface area (Å²) in [5, 5.41) is 17.8. The number of aliphatic hydroxyl groups excluding tert-OH is 1. The molecule has 0 spiro atoms. The van der Waals surface area contributed by atoms with Gasteiger partial charge in [-0.25, -0.2) is 13.4 Å². The zero-order chi connectivity index (χ0) is 12.3. The normalized spacial score (nSPS) is 13.6. The fourth-order valence-electron chi connectivity index (χ4n) is 0.877. The van der Waals surface area contributed by atoms with E-state index in [-0.39, 0.29) is 4.21 Å². The van der Waals surface area contributed by atoms with Crippen LogP contribution in [0, 0.1) is 6.92 Å². The Morgan fingerprint density at radius 1 is 1.69 bits per heavy atom. The summed E-state index contributed by atoms with van der Waals surface area (Å²) in [7, 11) is -3.93. The summed E-state index contributed by atoms with van der Waals surface area (Å²) < 4.78 is 25.0. The van der Waals surface area contributed by atoms with Crippen molar-refractivity contribution < 1.29 is 23.4 Å². The number of aromatic nitrogens is 1. The van der Waals surface area contributed by atoms with Gasteiger partial charge in [0.25, 0.3) is 10.0 Å². The number of hydrogen-bond donors (Lipinski definition) is 3. The molecule has 1 heterocycles. The summed E-state index contributed by atoms with van der Waals surface area (Å²) in [6.07, 6.45) is 1.14. The molecular weight excluding hydrogens is 256 g/mol. The molecule has 0 radical (unpaired) electrons. The van der Waals surface area contributed by atoms with Crippen molar-refractivity contribution in [2.45, 2.75) is 17.2 Å². The van der Waals surface area contributed by atoms with Gasteiger partial charge in [-0.3, -0.25) is 4.79 Å². The summed E-state index contributed by atoms with van der Waals surface area (Å²) in [6, 6.07) is -1.55. The minimum absolute atomic E-state index is 0.0790. The molecular formula is C7H10N2O5S2. The summed E-state index contributed by atoms with van der Waals surface area (Å²) in [5.74, 6) is -1.44. The zero-order valence-electron chi connectivity index (χ0n) is 8.24. The number of sulfonamides is 1. The van der Waals surface area contributed by atoms with E-state index in [9.17, 15) is 13.2 Å². The van der Waals surface area contributed by atoms with Gasteiger partial charge >= 0.3 is 5.97 Å². The first-order valence-corrected chi connectivity index (χ1v) is 6.45. The van der Waals surface area contributed by atoms with Crippen LogP contribution in [0.4, 0.5) is 0 Å². The van der Waals surface area contributed by atoms with Crippen LogP contribution in [0.5, 0.6) is 0 Å². The Bertz CT molecular complexity index is 481. The number of carboxylic acid groups (broad SMARTS) is 1. The molecule has 0 aliphatic carbocycles. The lowest BCUT2D eigenvalue weighted by molar-refractivity contribution is -0.139. The first kappa shape index (κ1) is 13.0. The number of nitrogens with zero attached hydrogens (tertiary/aromatic N) is 1. The predicted molar refractivity (Wildman–Crippen MR) is 55.7 cm³/mol. The van der Waals surface area contributed by atoms with Gasteiger partial charge in [0.15, 0.2) is 4.21 Å². The van der Waals surface area contributed by atoms with Crippen molar-refractivity contribution in [1.29, 1.82) is 0 Å². The van der Waals surface area contributed by atoms with Gasteiger partial charge in [-0.15, -0.1) is 11.3 Å². The second kappa shape index (κ2) is 4.87. The van der Waals surface area contributed by atoms with Crippen LogP contribution in [0.25, 0.3) is 0 Å². The van der Waals surface area contributed by atoms with E-state index in [0.29, 0.717) is 5.01 Å². The monoisotopic (exact) mass is 266 g/mol. The Hall–Kier alpha value is -1.03. The van der Waals surface area contributed by atoms with Crippen LogP contribution in [0.3, 0.4) is 0 Å². The minimum atomic E-state index is -3.93. The fraction of sp³-hybridized carbons (Fsp3) is 0.429. The van der Waals surface area contributed by atoms with Gasteiger partial charge < -0.3 is 10.2 Å². The second-order valence-corrected chi connectivity index (χ2v) is 6.07. The molecule has 7 nitrogen and oxygen atoms in total. The lowest BCUT2D eigenvalue weighted by Crippen LogP contribution is -2.42. The van der Waals surface area contributed by atoms with Gasteiger partial charge in [0, 0.05) is 0 Å².